The predicted octanol–water partition coefficient (Wildman–Crippen LogP) is 3.84. The Hall–Kier alpha value is -3.84. The first-order valence-corrected chi connectivity index (χ1v) is 17.4. The summed E-state index contributed by atoms with van der Waals surface area (Å²) >= 11 is 1.33. The molecule has 1 saturated heterocycles. The highest BCUT2D eigenvalue weighted by molar-refractivity contribution is 7.09. The minimum Gasteiger partial charge on any atom is -0.465 e. The number of carbonyl (C=O) groups excluding carboxylic acids is 2. The maximum atomic E-state index is 14.0. The molecule has 4 atom stereocenters. The molecule has 0 aliphatic carbocycles. The molecule has 1 aliphatic heterocycles. The van der Waals surface area contributed by atoms with Gasteiger partial charge in [-0.1, -0.05) is 74.5 Å². The third-order valence-corrected chi connectivity index (χ3v) is 9.19. The van der Waals surface area contributed by atoms with Crippen molar-refractivity contribution in [3.8, 4) is 0 Å². The molecule has 12 heteroatoms. The van der Waals surface area contributed by atoms with Gasteiger partial charge in [0.1, 0.15) is 12.1 Å². The van der Waals surface area contributed by atoms with Crippen molar-refractivity contribution in [1.82, 2.24) is 30.3 Å². The van der Waals surface area contributed by atoms with E-state index in [4.69, 9.17) is 0 Å². The van der Waals surface area contributed by atoms with Gasteiger partial charge < -0.3 is 20.8 Å². The second-order valence-corrected chi connectivity index (χ2v) is 14.9. The lowest BCUT2D eigenvalue weighted by atomic mass is 9.97. The van der Waals surface area contributed by atoms with Gasteiger partial charge >= 0.3 is 6.09 Å². The number of thiazole rings is 1. The predicted molar refractivity (Wildman–Crippen MR) is 187 cm³/mol. The lowest BCUT2D eigenvalue weighted by Crippen LogP contribution is -2.63. The summed E-state index contributed by atoms with van der Waals surface area (Å²) in [4.78, 5) is 50.3. The Balaban J connectivity index is 1.56. The molecule has 1 aliphatic rings. The fraction of sp³-hybridized carbons (Fsp3) is 0.500. The highest BCUT2D eigenvalue weighted by atomic mass is 32.1. The molecule has 4 N–H and O–H groups in total. The highest BCUT2D eigenvalue weighted by Gasteiger charge is 2.38. The zero-order chi connectivity index (χ0) is 34.8. The van der Waals surface area contributed by atoms with E-state index in [1.165, 1.54) is 11.3 Å². The molecule has 0 spiro atoms. The van der Waals surface area contributed by atoms with E-state index in [2.05, 4.69) is 32.7 Å². The fourth-order valence-corrected chi connectivity index (χ4v) is 6.74. The highest BCUT2D eigenvalue weighted by Crippen LogP contribution is 2.21. The largest absolute Gasteiger partial charge is 0.465 e. The van der Waals surface area contributed by atoms with Gasteiger partial charge in [0.25, 0.3) is 0 Å². The van der Waals surface area contributed by atoms with E-state index in [1.807, 2.05) is 88.0 Å². The van der Waals surface area contributed by atoms with Crippen LogP contribution in [0.1, 0.15) is 50.6 Å². The Morgan fingerprint density at radius 1 is 1.02 bits per heavy atom. The number of amides is 3. The molecule has 0 saturated carbocycles. The smallest absolute Gasteiger partial charge is 0.408 e. The molecular formula is C36H50N6O5S. The summed E-state index contributed by atoms with van der Waals surface area (Å²) in [5.41, 5.74) is 3.27. The van der Waals surface area contributed by atoms with Crippen molar-refractivity contribution in [2.45, 2.75) is 83.9 Å². The van der Waals surface area contributed by atoms with Gasteiger partial charge in [-0.15, -0.1) is 11.3 Å². The number of nitrogens with zero attached hydrogens (tertiary/aromatic N) is 4. The van der Waals surface area contributed by atoms with Gasteiger partial charge in [-0.2, -0.15) is 0 Å². The Kier molecular flexibility index (Phi) is 13.1. The monoisotopic (exact) mass is 678 g/mol. The van der Waals surface area contributed by atoms with Gasteiger partial charge in [0, 0.05) is 49.3 Å². The van der Waals surface area contributed by atoms with Crippen LogP contribution in [0.2, 0.25) is 0 Å². The maximum Gasteiger partial charge on any atom is 0.408 e. The molecule has 3 amide bonds. The molecule has 4 rings (SSSR count). The molecule has 0 unspecified atom stereocenters. The van der Waals surface area contributed by atoms with Crippen LogP contribution in [0.3, 0.4) is 0 Å². The second-order valence-electron chi connectivity index (χ2n) is 13.9. The van der Waals surface area contributed by atoms with E-state index in [1.54, 1.807) is 11.7 Å². The number of aromatic nitrogens is 1. The molecule has 2 heterocycles. The van der Waals surface area contributed by atoms with Crippen molar-refractivity contribution in [3.05, 3.63) is 88.4 Å². The maximum absolute atomic E-state index is 14.0. The number of piperazine rings is 1. The van der Waals surface area contributed by atoms with Gasteiger partial charge in [0.05, 0.1) is 24.2 Å². The van der Waals surface area contributed by atoms with Crippen LogP contribution in [-0.2, 0) is 29.1 Å². The number of carbonyl (C=O) groups is 3. The van der Waals surface area contributed by atoms with Crippen molar-refractivity contribution in [2.75, 3.05) is 26.2 Å². The lowest BCUT2D eigenvalue weighted by Gasteiger charge is -2.43. The first-order valence-electron chi connectivity index (χ1n) is 16.5. The Bertz CT molecular complexity index is 1450. The second kappa shape index (κ2) is 17.0. The van der Waals surface area contributed by atoms with Gasteiger partial charge in [-0.25, -0.2) is 4.79 Å². The average molecular weight is 679 g/mol. The number of carboxylic acid groups (broad SMARTS) is 1. The molecule has 1 aromatic heterocycles. The van der Waals surface area contributed by atoms with E-state index in [0.717, 1.165) is 20.9 Å². The van der Waals surface area contributed by atoms with E-state index in [-0.39, 0.29) is 24.9 Å². The van der Waals surface area contributed by atoms with Crippen molar-refractivity contribution >= 4 is 29.2 Å². The molecule has 260 valence electrons. The van der Waals surface area contributed by atoms with Crippen molar-refractivity contribution < 1.29 is 24.6 Å². The normalized spacial score (nSPS) is 17.8. The summed E-state index contributed by atoms with van der Waals surface area (Å²) in [7, 11) is 0. The molecule has 48 heavy (non-hydrogen) atoms. The summed E-state index contributed by atoms with van der Waals surface area (Å²) < 4.78 is 0. The summed E-state index contributed by atoms with van der Waals surface area (Å²) in [5, 5.41) is 28.1. The van der Waals surface area contributed by atoms with Crippen LogP contribution in [0, 0.1) is 5.92 Å². The Morgan fingerprint density at radius 2 is 1.67 bits per heavy atom. The number of benzene rings is 2. The minimum absolute atomic E-state index is 0.0278. The number of aliphatic hydroxyl groups is 1. The molecule has 3 aromatic rings. The topological polar surface area (TPSA) is 138 Å². The first kappa shape index (κ1) is 37.0. The quantitative estimate of drug-likeness (QED) is 0.202. The van der Waals surface area contributed by atoms with Gasteiger partial charge in [0.15, 0.2) is 0 Å². The summed E-state index contributed by atoms with van der Waals surface area (Å²) in [6.07, 6.45) is -0.331. The van der Waals surface area contributed by atoms with Crippen LogP contribution < -0.4 is 10.6 Å². The zero-order valence-corrected chi connectivity index (χ0v) is 29.4. The Labute approximate surface area is 288 Å². The van der Waals surface area contributed by atoms with E-state index in [0.29, 0.717) is 32.6 Å². The molecule has 1 fully saturated rings. The standard InChI is InChI=1S/C36H50N6O5S/c1-25(2)32(42(35(46)47)21-28-19-37-24-48-28)34(45)38-29(18-26-12-8-6-9-13-26)31(43)23-41-17-16-40(20-27-14-10-7-11-15-27)22-30(41)33(44)39-36(3,4)5/h6-15,19,24-25,29-32,43H,16-18,20-23H2,1-5H3,(H,38,45)(H,39,44)(H,46,47)/t29-,30-,31+,32-/m0/s1. The first-order chi connectivity index (χ1) is 22.8. The fourth-order valence-electron chi connectivity index (χ4n) is 6.15. The molecule has 0 radical (unpaired) electrons. The summed E-state index contributed by atoms with van der Waals surface area (Å²) in [6, 6.07) is 17.5. The SMILES string of the molecule is CC(C)[C@@H](C(=O)N[C@@H](Cc1ccccc1)[C@H](O)CN1CCN(Cc2ccccc2)C[C@H]1C(=O)NC(C)(C)C)N(Cc1cncs1)C(=O)O. The Morgan fingerprint density at radius 3 is 2.23 bits per heavy atom. The zero-order valence-electron chi connectivity index (χ0n) is 28.6. The van der Waals surface area contributed by atoms with E-state index in [9.17, 15) is 24.6 Å². The summed E-state index contributed by atoms with van der Waals surface area (Å²) in [6.45, 7) is 12.1. The van der Waals surface area contributed by atoms with Crippen molar-refractivity contribution in [1.29, 1.82) is 0 Å². The number of β-amino-alcohol motifs (C(OH)–C–C–N with tert-alkyl or cyclic N) is 1. The average Bonchev–Trinajstić information content (AvgIpc) is 3.54. The van der Waals surface area contributed by atoms with Crippen LogP contribution in [0.5, 0.6) is 0 Å². The van der Waals surface area contributed by atoms with Crippen LogP contribution in [-0.4, -0.2) is 104 Å². The van der Waals surface area contributed by atoms with Crippen LogP contribution in [0.25, 0.3) is 0 Å². The van der Waals surface area contributed by atoms with Crippen molar-refractivity contribution in [2.24, 2.45) is 5.92 Å². The molecular weight excluding hydrogens is 629 g/mol. The molecule has 0 bridgehead atoms. The minimum atomic E-state index is -1.21. The van der Waals surface area contributed by atoms with Crippen molar-refractivity contribution in [3.63, 3.8) is 0 Å². The van der Waals surface area contributed by atoms with Crippen LogP contribution in [0.15, 0.2) is 72.4 Å². The molecule has 2 aromatic carbocycles. The third kappa shape index (κ3) is 10.8. The van der Waals surface area contributed by atoms with E-state index >= 15 is 0 Å². The number of hydrogen-bond acceptors (Lipinski definition) is 8. The number of hydrogen-bond donors (Lipinski definition) is 4. The van der Waals surface area contributed by atoms with Gasteiger partial charge in [-0.3, -0.25) is 29.3 Å². The lowest BCUT2D eigenvalue weighted by molar-refractivity contribution is -0.133. The van der Waals surface area contributed by atoms with E-state index < -0.39 is 41.8 Å². The van der Waals surface area contributed by atoms with Crippen LogP contribution >= 0.6 is 11.3 Å². The number of rotatable bonds is 14. The summed E-state index contributed by atoms with van der Waals surface area (Å²) in [5.74, 6) is -0.936. The third-order valence-electron chi connectivity index (χ3n) is 8.43. The molecule has 11 nitrogen and oxygen atoms in total. The number of nitrogens with one attached hydrogen (secondary N) is 2. The number of aliphatic hydroxyl groups excluding tert-OH is 1. The van der Waals surface area contributed by atoms with Gasteiger partial charge in [-0.05, 0) is 44.2 Å². The van der Waals surface area contributed by atoms with Gasteiger partial charge in [0.2, 0.25) is 11.8 Å². The van der Waals surface area contributed by atoms with Crippen LogP contribution in [0.4, 0.5) is 4.79 Å².